The fraction of sp³-hybridized carbons (Fsp3) is 0.818. The Morgan fingerprint density at radius 1 is 1.27 bits per heavy atom. The van der Waals surface area contributed by atoms with Gasteiger partial charge in [-0.2, -0.15) is 0 Å². The number of hydrogen-bond acceptors (Lipinski definition) is 2. The molecule has 0 aliphatic rings. The van der Waals surface area contributed by atoms with Crippen LogP contribution in [0.2, 0.25) is 0 Å². The van der Waals surface area contributed by atoms with Crippen LogP contribution in [0.1, 0.15) is 40.0 Å². The van der Waals surface area contributed by atoms with Crippen LogP contribution >= 0.6 is 12.2 Å². The van der Waals surface area contributed by atoms with E-state index in [0.717, 1.165) is 12.8 Å². The highest BCUT2D eigenvalue weighted by atomic mass is 32.1. The SMILES string of the molecule is CCC(C(=O)N(C)C(CC)CC)C(N)=S. The highest BCUT2D eigenvalue weighted by Gasteiger charge is 2.25. The first-order chi connectivity index (χ1) is 6.99. The first-order valence-electron chi connectivity index (χ1n) is 5.55. The molecule has 0 saturated heterocycles. The zero-order chi connectivity index (χ0) is 12.0. The number of carbonyl (C=O) groups is 1. The van der Waals surface area contributed by atoms with Crippen LogP contribution in [0, 0.1) is 5.92 Å². The van der Waals surface area contributed by atoms with Crippen molar-refractivity contribution in [2.24, 2.45) is 11.7 Å². The molecule has 15 heavy (non-hydrogen) atoms. The van der Waals surface area contributed by atoms with Crippen molar-refractivity contribution < 1.29 is 4.79 Å². The summed E-state index contributed by atoms with van der Waals surface area (Å²) >= 11 is 4.90. The number of nitrogens with zero attached hydrogens (tertiary/aromatic N) is 1. The number of thiocarbonyl (C=S) groups is 1. The fourth-order valence-corrected chi connectivity index (χ4v) is 2.03. The summed E-state index contributed by atoms with van der Waals surface area (Å²) in [6.07, 6.45) is 2.61. The molecule has 0 bridgehead atoms. The molecule has 1 amide bonds. The molecular weight excluding hydrogens is 208 g/mol. The zero-order valence-electron chi connectivity index (χ0n) is 10.1. The highest BCUT2D eigenvalue weighted by Crippen LogP contribution is 2.13. The number of amides is 1. The van der Waals surface area contributed by atoms with Crippen molar-refractivity contribution in [2.75, 3.05) is 7.05 Å². The number of rotatable bonds is 6. The van der Waals surface area contributed by atoms with E-state index in [4.69, 9.17) is 18.0 Å². The molecule has 0 fully saturated rings. The first kappa shape index (κ1) is 14.4. The third-order valence-corrected chi connectivity index (χ3v) is 3.17. The van der Waals surface area contributed by atoms with Gasteiger partial charge in [-0.05, 0) is 19.3 Å². The van der Waals surface area contributed by atoms with E-state index < -0.39 is 0 Å². The molecule has 0 aliphatic heterocycles. The Labute approximate surface area is 98.0 Å². The van der Waals surface area contributed by atoms with Crippen LogP contribution in [0.15, 0.2) is 0 Å². The van der Waals surface area contributed by atoms with Gasteiger partial charge in [0.1, 0.15) is 0 Å². The van der Waals surface area contributed by atoms with Gasteiger partial charge in [-0.25, -0.2) is 0 Å². The third kappa shape index (κ3) is 3.78. The van der Waals surface area contributed by atoms with Crippen LogP contribution in [-0.4, -0.2) is 28.9 Å². The van der Waals surface area contributed by atoms with E-state index in [2.05, 4.69) is 13.8 Å². The molecule has 4 heteroatoms. The smallest absolute Gasteiger partial charge is 0.232 e. The Kier molecular flexibility index (Phi) is 6.48. The first-order valence-corrected chi connectivity index (χ1v) is 5.96. The minimum Gasteiger partial charge on any atom is -0.393 e. The highest BCUT2D eigenvalue weighted by molar-refractivity contribution is 7.80. The summed E-state index contributed by atoms with van der Waals surface area (Å²) in [6, 6.07) is 0.292. The van der Waals surface area contributed by atoms with Gasteiger partial charge in [-0.15, -0.1) is 0 Å². The largest absolute Gasteiger partial charge is 0.393 e. The van der Waals surface area contributed by atoms with Gasteiger partial charge in [0.2, 0.25) is 5.91 Å². The van der Waals surface area contributed by atoms with Gasteiger partial charge in [0, 0.05) is 13.1 Å². The minimum absolute atomic E-state index is 0.0544. The minimum atomic E-state index is -0.300. The van der Waals surface area contributed by atoms with E-state index in [1.54, 1.807) is 4.90 Å². The Morgan fingerprint density at radius 2 is 1.73 bits per heavy atom. The van der Waals surface area contributed by atoms with Gasteiger partial charge >= 0.3 is 0 Å². The molecule has 0 aromatic rings. The third-order valence-electron chi connectivity index (χ3n) is 2.89. The van der Waals surface area contributed by atoms with Crippen molar-refractivity contribution in [1.29, 1.82) is 0 Å². The summed E-state index contributed by atoms with van der Waals surface area (Å²) in [5.41, 5.74) is 5.55. The molecule has 0 saturated carbocycles. The monoisotopic (exact) mass is 230 g/mol. The van der Waals surface area contributed by atoms with E-state index in [-0.39, 0.29) is 11.8 Å². The van der Waals surface area contributed by atoms with Crippen molar-refractivity contribution in [3.63, 3.8) is 0 Å². The Morgan fingerprint density at radius 3 is 2.00 bits per heavy atom. The zero-order valence-corrected chi connectivity index (χ0v) is 10.9. The standard InChI is InChI=1S/C11H22N2OS/c1-5-8(6-2)13(4)11(14)9(7-3)10(12)15/h8-9H,5-7H2,1-4H3,(H2,12,15). The molecule has 0 spiro atoms. The second kappa shape index (κ2) is 6.77. The van der Waals surface area contributed by atoms with Crippen molar-refractivity contribution in [1.82, 2.24) is 4.90 Å². The molecular formula is C11H22N2OS. The average molecular weight is 230 g/mol. The van der Waals surface area contributed by atoms with Crippen molar-refractivity contribution >= 4 is 23.1 Å². The normalized spacial score (nSPS) is 12.6. The van der Waals surface area contributed by atoms with Crippen LogP contribution in [0.25, 0.3) is 0 Å². The molecule has 3 nitrogen and oxygen atoms in total. The molecule has 1 unspecified atom stereocenters. The summed E-state index contributed by atoms with van der Waals surface area (Å²) in [4.78, 5) is 14.1. The van der Waals surface area contributed by atoms with Crippen LogP contribution in [0.4, 0.5) is 0 Å². The maximum Gasteiger partial charge on any atom is 0.232 e. The Balaban J connectivity index is 4.60. The topological polar surface area (TPSA) is 46.3 Å². The quantitative estimate of drug-likeness (QED) is 0.709. The molecule has 1 atom stereocenters. The summed E-state index contributed by atoms with van der Waals surface area (Å²) in [6.45, 7) is 6.10. The van der Waals surface area contributed by atoms with Gasteiger partial charge in [-0.3, -0.25) is 4.79 Å². The van der Waals surface area contributed by atoms with Gasteiger partial charge in [0.15, 0.2) is 0 Å². The second-order valence-electron chi connectivity index (χ2n) is 3.78. The van der Waals surface area contributed by atoms with Gasteiger partial charge in [0.05, 0.1) is 10.9 Å². The Bertz CT molecular complexity index is 227. The van der Waals surface area contributed by atoms with Crippen molar-refractivity contribution in [3.8, 4) is 0 Å². The van der Waals surface area contributed by atoms with Crippen LogP contribution < -0.4 is 5.73 Å². The molecule has 2 N–H and O–H groups in total. The maximum atomic E-state index is 12.0. The molecule has 0 aromatic carbocycles. The van der Waals surface area contributed by atoms with Gasteiger partial charge in [-0.1, -0.05) is 33.0 Å². The lowest BCUT2D eigenvalue weighted by Crippen LogP contribution is -2.43. The molecule has 0 aliphatic carbocycles. The van der Waals surface area contributed by atoms with Gasteiger partial charge < -0.3 is 10.6 Å². The molecule has 0 heterocycles. The predicted molar refractivity (Wildman–Crippen MR) is 67.7 cm³/mol. The van der Waals surface area contributed by atoms with Crippen LogP contribution in [0.3, 0.4) is 0 Å². The summed E-state index contributed by atoms with van der Waals surface area (Å²) in [5.74, 6) is -0.246. The van der Waals surface area contributed by atoms with E-state index in [1.165, 1.54) is 0 Å². The van der Waals surface area contributed by atoms with E-state index in [1.807, 2.05) is 14.0 Å². The predicted octanol–water partition coefficient (Wildman–Crippen LogP) is 1.95. The molecule has 0 aromatic heterocycles. The van der Waals surface area contributed by atoms with E-state index in [9.17, 15) is 4.79 Å². The summed E-state index contributed by atoms with van der Waals surface area (Å²) in [5, 5.41) is 0. The number of hydrogen-bond donors (Lipinski definition) is 1. The molecule has 88 valence electrons. The lowest BCUT2D eigenvalue weighted by atomic mass is 10.0. The van der Waals surface area contributed by atoms with Gasteiger partial charge in [0.25, 0.3) is 0 Å². The second-order valence-corrected chi connectivity index (χ2v) is 4.25. The molecule has 0 rings (SSSR count). The van der Waals surface area contributed by atoms with Crippen LogP contribution in [-0.2, 0) is 4.79 Å². The summed E-state index contributed by atoms with van der Waals surface area (Å²) < 4.78 is 0. The fourth-order valence-electron chi connectivity index (χ4n) is 1.76. The lowest BCUT2D eigenvalue weighted by molar-refractivity contribution is -0.134. The number of carbonyl (C=O) groups excluding carboxylic acids is 1. The average Bonchev–Trinajstić information content (AvgIpc) is 2.19. The Hall–Kier alpha value is -0.640. The van der Waals surface area contributed by atoms with Crippen LogP contribution in [0.5, 0.6) is 0 Å². The van der Waals surface area contributed by atoms with Crippen molar-refractivity contribution in [3.05, 3.63) is 0 Å². The van der Waals surface area contributed by atoms with E-state index >= 15 is 0 Å². The number of nitrogens with two attached hydrogens (primary N) is 1. The molecule has 0 radical (unpaired) electrons. The summed E-state index contributed by atoms with van der Waals surface area (Å²) in [7, 11) is 1.83. The maximum absolute atomic E-state index is 12.0. The lowest BCUT2D eigenvalue weighted by Gasteiger charge is -2.29. The van der Waals surface area contributed by atoms with Crippen molar-refractivity contribution in [2.45, 2.75) is 46.1 Å². The van der Waals surface area contributed by atoms with E-state index in [0.29, 0.717) is 17.5 Å².